The minimum Gasteiger partial charge on any atom is -0.497 e. The molecule has 2 rings (SSSR count). The lowest BCUT2D eigenvalue weighted by atomic mass is 10.2. The lowest BCUT2D eigenvalue weighted by Crippen LogP contribution is -2.25. The number of hydrogen-bond donors (Lipinski definition) is 2. The first-order valence-corrected chi connectivity index (χ1v) is 6.76. The highest BCUT2D eigenvalue weighted by atomic mass is 35.5. The van der Waals surface area contributed by atoms with E-state index in [4.69, 9.17) is 21.4 Å². The van der Waals surface area contributed by atoms with Crippen molar-refractivity contribution in [3.63, 3.8) is 0 Å². The molecule has 0 fully saturated rings. The zero-order valence-electron chi connectivity index (χ0n) is 11.5. The van der Waals surface area contributed by atoms with Crippen LogP contribution in [-0.4, -0.2) is 28.6 Å². The van der Waals surface area contributed by atoms with Crippen molar-refractivity contribution in [3.05, 3.63) is 51.4 Å². The number of aromatic nitrogens is 2. The minimum atomic E-state index is -0.429. The molecule has 0 spiro atoms. The van der Waals surface area contributed by atoms with Gasteiger partial charge in [-0.05, 0) is 17.7 Å². The van der Waals surface area contributed by atoms with Crippen molar-refractivity contribution < 1.29 is 9.84 Å². The number of benzene rings is 1. The summed E-state index contributed by atoms with van der Waals surface area (Å²) in [5.41, 5.74) is 1.02. The number of methoxy groups -OCH3 is 1. The van der Waals surface area contributed by atoms with Gasteiger partial charge in [0, 0.05) is 6.54 Å². The van der Waals surface area contributed by atoms with Crippen molar-refractivity contribution in [3.8, 4) is 5.75 Å². The maximum atomic E-state index is 11.9. The Morgan fingerprint density at radius 2 is 2.29 bits per heavy atom. The molecule has 21 heavy (non-hydrogen) atoms. The zero-order chi connectivity index (χ0) is 15.2. The van der Waals surface area contributed by atoms with Crippen LogP contribution in [0, 0.1) is 0 Å². The lowest BCUT2D eigenvalue weighted by Gasteiger charge is -2.10. The summed E-state index contributed by atoms with van der Waals surface area (Å²) >= 11 is 6.02. The summed E-state index contributed by atoms with van der Waals surface area (Å²) in [6.45, 7) is 0.441. The zero-order valence-corrected chi connectivity index (χ0v) is 12.3. The Morgan fingerprint density at radius 3 is 3.00 bits per heavy atom. The topological polar surface area (TPSA) is 76.4 Å². The van der Waals surface area contributed by atoms with Gasteiger partial charge < -0.3 is 15.2 Å². The molecule has 0 aliphatic heterocycles. The van der Waals surface area contributed by atoms with Gasteiger partial charge >= 0.3 is 0 Å². The fourth-order valence-electron chi connectivity index (χ4n) is 1.82. The molecule has 0 amide bonds. The van der Waals surface area contributed by atoms with Crippen LogP contribution < -0.4 is 15.6 Å². The van der Waals surface area contributed by atoms with Crippen LogP contribution in [0.1, 0.15) is 5.56 Å². The molecule has 0 saturated heterocycles. The first kappa shape index (κ1) is 15.3. The molecule has 0 bridgehead atoms. The van der Waals surface area contributed by atoms with Crippen LogP contribution in [-0.2, 0) is 13.1 Å². The van der Waals surface area contributed by atoms with Gasteiger partial charge in [-0.25, -0.2) is 4.68 Å². The van der Waals surface area contributed by atoms with Crippen molar-refractivity contribution in [1.29, 1.82) is 0 Å². The third-order valence-electron chi connectivity index (χ3n) is 2.91. The van der Waals surface area contributed by atoms with Crippen molar-refractivity contribution >= 4 is 17.3 Å². The second-order valence-electron chi connectivity index (χ2n) is 4.33. The molecule has 0 aliphatic rings. The molecule has 1 heterocycles. The average Bonchev–Trinajstić information content (AvgIpc) is 2.51. The first-order chi connectivity index (χ1) is 10.2. The molecule has 6 nitrogen and oxygen atoms in total. The van der Waals surface area contributed by atoms with E-state index in [9.17, 15) is 4.79 Å². The molecule has 0 saturated carbocycles. The summed E-state index contributed by atoms with van der Waals surface area (Å²) in [4.78, 5) is 11.9. The number of aliphatic hydroxyl groups excluding tert-OH is 1. The SMILES string of the molecule is COc1cccc(CNc2cnn(CCO)c(=O)c2Cl)c1. The van der Waals surface area contributed by atoms with E-state index in [-0.39, 0.29) is 18.2 Å². The summed E-state index contributed by atoms with van der Waals surface area (Å²) in [5.74, 6) is 0.761. The number of nitrogens with one attached hydrogen (secondary N) is 1. The number of rotatable bonds is 6. The van der Waals surface area contributed by atoms with E-state index in [0.29, 0.717) is 12.2 Å². The monoisotopic (exact) mass is 309 g/mol. The van der Waals surface area contributed by atoms with Crippen LogP contribution in [0.15, 0.2) is 35.3 Å². The summed E-state index contributed by atoms with van der Waals surface area (Å²) in [5, 5.41) is 15.9. The minimum absolute atomic E-state index is 0.0568. The Kier molecular flexibility index (Phi) is 5.19. The molecular weight excluding hydrogens is 294 g/mol. The van der Waals surface area contributed by atoms with Gasteiger partial charge in [-0.1, -0.05) is 23.7 Å². The number of nitrogens with zero attached hydrogens (tertiary/aromatic N) is 2. The summed E-state index contributed by atoms with van der Waals surface area (Å²) in [6, 6.07) is 7.56. The third kappa shape index (κ3) is 3.74. The molecule has 2 aromatic rings. The van der Waals surface area contributed by atoms with E-state index in [1.165, 1.54) is 6.20 Å². The number of halogens is 1. The van der Waals surface area contributed by atoms with E-state index >= 15 is 0 Å². The van der Waals surface area contributed by atoms with E-state index in [1.54, 1.807) is 7.11 Å². The number of ether oxygens (including phenoxy) is 1. The van der Waals surface area contributed by atoms with Gasteiger partial charge in [0.1, 0.15) is 10.8 Å². The highest BCUT2D eigenvalue weighted by Gasteiger charge is 2.08. The molecule has 7 heteroatoms. The van der Waals surface area contributed by atoms with Crippen molar-refractivity contribution in [1.82, 2.24) is 9.78 Å². The highest BCUT2D eigenvalue weighted by Crippen LogP contribution is 2.18. The van der Waals surface area contributed by atoms with Gasteiger partial charge in [0.2, 0.25) is 0 Å². The Hall–Kier alpha value is -2.05. The van der Waals surface area contributed by atoms with Gasteiger partial charge in [0.05, 0.1) is 32.1 Å². The second-order valence-corrected chi connectivity index (χ2v) is 4.71. The predicted molar refractivity (Wildman–Crippen MR) is 80.9 cm³/mol. The molecular formula is C14H16ClN3O3. The molecule has 0 atom stereocenters. The van der Waals surface area contributed by atoms with E-state index in [2.05, 4.69) is 10.4 Å². The van der Waals surface area contributed by atoms with Crippen molar-refractivity contribution in [2.45, 2.75) is 13.1 Å². The Balaban J connectivity index is 2.13. The normalized spacial score (nSPS) is 10.4. The van der Waals surface area contributed by atoms with Crippen LogP contribution in [0.4, 0.5) is 5.69 Å². The summed E-state index contributed by atoms with van der Waals surface area (Å²) in [7, 11) is 1.61. The second kappa shape index (κ2) is 7.10. The van der Waals surface area contributed by atoms with Crippen LogP contribution in [0.2, 0.25) is 5.02 Å². The van der Waals surface area contributed by atoms with Gasteiger partial charge in [0.25, 0.3) is 5.56 Å². The Bertz CT molecular complexity index is 673. The Morgan fingerprint density at radius 1 is 1.48 bits per heavy atom. The van der Waals surface area contributed by atoms with Crippen molar-refractivity contribution in [2.75, 3.05) is 19.0 Å². The fourth-order valence-corrected chi connectivity index (χ4v) is 2.04. The smallest absolute Gasteiger partial charge is 0.287 e. The standard InChI is InChI=1S/C14H16ClN3O3/c1-21-11-4-2-3-10(7-11)8-16-12-9-17-18(5-6-19)14(20)13(12)15/h2-4,7,9,16,19H,5-6,8H2,1H3. The van der Waals surface area contributed by atoms with Crippen LogP contribution in [0.5, 0.6) is 5.75 Å². The largest absolute Gasteiger partial charge is 0.497 e. The number of anilines is 1. The summed E-state index contributed by atoms with van der Waals surface area (Å²) in [6.07, 6.45) is 1.47. The highest BCUT2D eigenvalue weighted by molar-refractivity contribution is 6.32. The van der Waals surface area contributed by atoms with Gasteiger partial charge in [-0.15, -0.1) is 0 Å². The quantitative estimate of drug-likeness (QED) is 0.846. The molecule has 1 aromatic heterocycles. The molecule has 0 aliphatic carbocycles. The molecule has 0 unspecified atom stereocenters. The van der Waals surface area contributed by atoms with Crippen LogP contribution >= 0.6 is 11.6 Å². The molecule has 112 valence electrons. The van der Waals surface area contributed by atoms with Crippen molar-refractivity contribution in [2.24, 2.45) is 0 Å². The lowest BCUT2D eigenvalue weighted by molar-refractivity contribution is 0.266. The van der Waals surface area contributed by atoms with Gasteiger partial charge in [-0.2, -0.15) is 5.10 Å². The van der Waals surface area contributed by atoms with E-state index < -0.39 is 5.56 Å². The van der Waals surface area contributed by atoms with Gasteiger partial charge in [-0.3, -0.25) is 4.79 Å². The van der Waals surface area contributed by atoms with E-state index in [0.717, 1.165) is 16.0 Å². The number of hydrogen-bond acceptors (Lipinski definition) is 5. The molecule has 0 radical (unpaired) electrons. The third-order valence-corrected chi connectivity index (χ3v) is 3.28. The maximum Gasteiger partial charge on any atom is 0.287 e. The number of aliphatic hydroxyl groups is 1. The fraction of sp³-hybridized carbons (Fsp3) is 0.286. The average molecular weight is 310 g/mol. The maximum absolute atomic E-state index is 11.9. The Labute approximate surface area is 126 Å². The van der Waals surface area contributed by atoms with Gasteiger partial charge in [0.15, 0.2) is 0 Å². The first-order valence-electron chi connectivity index (χ1n) is 6.39. The van der Waals surface area contributed by atoms with Crippen LogP contribution in [0.25, 0.3) is 0 Å². The molecule has 2 N–H and O–H groups in total. The van der Waals surface area contributed by atoms with E-state index in [1.807, 2.05) is 24.3 Å². The predicted octanol–water partition coefficient (Wildman–Crippen LogP) is 1.51. The summed E-state index contributed by atoms with van der Waals surface area (Å²) < 4.78 is 6.27. The van der Waals surface area contributed by atoms with Crippen LogP contribution in [0.3, 0.4) is 0 Å². The molecule has 1 aromatic carbocycles.